The third-order valence-corrected chi connectivity index (χ3v) is 6.72. The number of rotatable bonds is 6. The monoisotopic (exact) mass is 406 g/mol. The molecule has 1 aliphatic heterocycles. The number of halogens is 1. The van der Waals surface area contributed by atoms with Crippen LogP contribution in [0.15, 0.2) is 53.4 Å². The highest BCUT2D eigenvalue weighted by molar-refractivity contribution is 7.89. The predicted molar refractivity (Wildman–Crippen MR) is 102 cm³/mol. The first-order chi connectivity index (χ1) is 13.0. The second-order valence-corrected chi connectivity index (χ2v) is 8.72. The van der Waals surface area contributed by atoms with Crippen LogP contribution in [0.3, 0.4) is 0 Å². The van der Waals surface area contributed by atoms with E-state index in [9.17, 15) is 8.42 Å². The number of ether oxygens (including phenoxy) is 1. The average Bonchev–Trinajstić information content (AvgIpc) is 2.70. The largest absolute Gasteiger partial charge is 0.488 e. The van der Waals surface area contributed by atoms with E-state index in [1.807, 2.05) is 18.2 Å². The lowest BCUT2D eigenvalue weighted by atomic mass is 10.2. The summed E-state index contributed by atoms with van der Waals surface area (Å²) in [5, 5.41) is 9.64. The third-order valence-electron chi connectivity index (χ3n) is 4.57. The minimum absolute atomic E-state index is 0.177. The van der Waals surface area contributed by atoms with Crippen molar-refractivity contribution >= 4 is 21.6 Å². The molecule has 0 bridgehead atoms. The number of quaternary nitrogens is 1. The zero-order valence-electron chi connectivity index (χ0n) is 14.8. The first kappa shape index (κ1) is 19.6. The number of nitrogens with zero attached hydrogens (tertiary/aromatic N) is 2. The Hall–Kier alpha value is -2.11. The molecule has 1 heterocycles. The number of hydrogen-bond acceptors (Lipinski definition) is 4. The maximum Gasteiger partial charge on any atom is 0.243 e. The fourth-order valence-corrected chi connectivity index (χ4v) is 4.63. The quantitative estimate of drug-likeness (QED) is 0.781. The van der Waals surface area contributed by atoms with E-state index in [0.717, 1.165) is 25.4 Å². The van der Waals surface area contributed by atoms with Crippen LogP contribution in [0.4, 0.5) is 0 Å². The number of hydrogen-bond donors (Lipinski definition) is 1. The van der Waals surface area contributed by atoms with Gasteiger partial charge in [-0.1, -0.05) is 17.7 Å². The van der Waals surface area contributed by atoms with Crippen molar-refractivity contribution in [2.24, 2.45) is 0 Å². The Kier molecular flexibility index (Phi) is 6.34. The molecule has 0 amide bonds. The summed E-state index contributed by atoms with van der Waals surface area (Å²) in [5.41, 5.74) is 0.347. The highest BCUT2D eigenvalue weighted by Gasteiger charge is 2.30. The van der Waals surface area contributed by atoms with Crippen molar-refractivity contribution in [3.05, 3.63) is 59.1 Å². The molecule has 0 saturated carbocycles. The Morgan fingerprint density at radius 3 is 2.52 bits per heavy atom. The van der Waals surface area contributed by atoms with Crippen LogP contribution < -0.4 is 9.64 Å². The van der Waals surface area contributed by atoms with Gasteiger partial charge in [-0.05, 0) is 42.5 Å². The van der Waals surface area contributed by atoms with E-state index in [0.29, 0.717) is 30.3 Å². The molecule has 1 aliphatic rings. The molecule has 2 aromatic rings. The van der Waals surface area contributed by atoms with Gasteiger partial charge in [-0.2, -0.15) is 9.57 Å². The van der Waals surface area contributed by atoms with Crippen molar-refractivity contribution in [1.82, 2.24) is 4.31 Å². The molecule has 1 saturated heterocycles. The summed E-state index contributed by atoms with van der Waals surface area (Å²) < 4.78 is 32.7. The average molecular weight is 407 g/mol. The normalized spacial score (nSPS) is 16.0. The summed E-state index contributed by atoms with van der Waals surface area (Å²) in [5.74, 6) is 0.775. The molecule has 0 unspecified atom stereocenters. The van der Waals surface area contributed by atoms with Crippen LogP contribution in [0.1, 0.15) is 5.56 Å². The van der Waals surface area contributed by atoms with E-state index >= 15 is 0 Å². The van der Waals surface area contributed by atoms with Gasteiger partial charge >= 0.3 is 0 Å². The van der Waals surface area contributed by atoms with Crippen LogP contribution in [0.25, 0.3) is 0 Å². The molecule has 1 N–H and O–H groups in total. The lowest BCUT2D eigenvalue weighted by Crippen LogP contribution is -3.15. The van der Waals surface area contributed by atoms with Gasteiger partial charge in [0.2, 0.25) is 10.0 Å². The van der Waals surface area contributed by atoms with Gasteiger partial charge in [0, 0.05) is 5.02 Å². The number of nitriles is 1. The van der Waals surface area contributed by atoms with E-state index in [1.54, 1.807) is 24.3 Å². The summed E-state index contributed by atoms with van der Waals surface area (Å²) >= 11 is 5.85. The zero-order valence-corrected chi connectivity index (χ0v) is 16.3. The standard InChI is InChI=1S/C19H20ClN3O3S/c20-17-4-6-18(7-5-17)26-13-12-22-8-10-23(11-9-22)27(24,25)19-3-1-2-16(14-19)15-21/h1-7,14H,8-13H2/p+1. The van der Waals surface area contributed by atoms with E-state index in [1.165, 1.54) is 21.3 Å². The van der Waals surface area contributed by atoms with E-state index in [2.05, 4.69) is 0 Å². The Morgan fingerprint density at radius 1 is 1.15 bits per heavy atom. The van der Waals surface area contributed by atoms with E-state index in [-0.39, 0.29) is 4.90 Å². The van der Waals surface area contributed by atoms with Crippen molar-refractivity contribution in [3.8, 4) is 11.8 Å². The molecule has 142 valence electrons. The van der Waals surface area contributed by atoms with Gasteiger partial charge in [-0.25, -0.2) is 8.42 Å². The SMILES string of the molecule is N#Cc1cccc(S(=O)(=O)N2CC[NH+](CCOc3ccc(Cl)cc3)CC2)c1. The maximum absolute atomic E-state index is 12.8. The van der Waals surface area contributed by atoms with Crippen LogP contribution in [0, 0.1) is 11.3 Å². The van der Waals surface area contributed by atoms with Crippen molar-refractivity contribution in [3.63, 3.8) is 0 Å². The number of sulfonamides is 1. The minimum Gasteiger partial charge on any atom is -0.488 e. The molecule has 8 heteroatoms. The van der Waals surface area contributed by atoms with Crippen molar-refractivity contribution in [2.75, 3.05) is 39.3 Å². The zero-order chi connectivity index (χ0) is 19.3. The van der Waals surface area contributed by atoms with Crippen LogP contribution in [-0.2, 0) is 10.0 Å². The van der Waals surface area contributed by atoms with Gasteiger partial charge in [-0.15, -0.1) is 0 Å². The van der Waals surface area contributed by atoms with Gasteiger partial charge < -0.3 is 9.64 Å². The van der Waals surface area contributed by atoms with Crippen molar-refractivity contribution in [2.45, 2.75) is 4.90 Å². The van der Waals surface area contributed by atoms with Gasteiger partial charge in [0.25, 0.3) is 0 Å². The van der Waals surface area contributed by atoms with Crippen LogP contribution >= 0.6 is 11.6 Å². The molecule has 6 nitrogen and oxygen atoms in total. The van der Waals surface area contributed by atoms with Gasteiger partial charge in [0.1, 0.15) is 18.9 Å². The molecule has 2 aromatic carbocycles. The second-order valence-electron chi connectivity index (χ2n) is 6.35. The first-order valence-corrected chi connectivity index (χ1v) is 10.5. The number of piperazine rings is 1. The second kappa shape index (κ2) is 8.72. The molecule has 0 spiro atoms. The van der Waals surface area contributed by atoms with E-state index in [4.69, 9.17) is 21.6 Å². The number of benzene rings is 2. The highest BCUT2D eigenvalue weighted by Crippen LogP contribution is 2.17. The minimum atomic E-state index is -3.56. The summed E-state index contributed by atoms with van der Waals surface area (Å²) in [4.78, 5) is 1.48. The fraction of sp³-hybridized carbons (Fsp3) is 0.316. The lowest BCUT2D eigenvalue weighted by molar-refractivity contribution is -0.903. The Balaban J connectivity index is 1.50. The fourth-order valence-electron chi connectivity index (χ4n) is 3.01. The Labute approximate surface area is 164 Å². The van der Waals surface area contributed by atoms with Crippen LogP contribution in [-0.4, -0.2) is 52.1 Å². The summed E-state index contributed by atoms with van der Waals surface area (Å²) in [7, 11) is -3.56. The molecule has 0 radical (unpaired) electrons. The van der Waals surface area contributed by atoms with Gasteiger partial charge in [-0.3, -0.25) is 0 Å². The van der Waals surface area contributed by atoms with Crippen molar-refractivity contribution < 1.29 is 18.1 Å². The molecule has 1 fully saturated rings. The topological polar surface area (TPSA) is 74.8 Å². The molecule has 0 atom stereocenters. The van der Waals surface area contributed by atoms with Gasteiger partial charge in [0.15, 0.2) is 0 Å². The lowest BCUT2D eigenvalue weighted by Gasteiger charge is -2.31. The molecule has 0 aromatic heterocycles. The smallest absolute Gasteiger partial charge is 0.243 e. The molecular formula is C19H21ClN3O3S+. The Morgan fingerprint density at radius 2 is 1.85 bits per heavy atom. The molecular weight excluding hydrogens is 386 g/mol. The van der Waals surface area contributed by atoms with Crippen molar-refractivity contribution in [1.29, 1.82) is 5.26 Å². The van der Waals surface area contributed by atoms with Crippen LogP contribution in [0.2, 0.25) is 5.02 Å². The predicted octanol–water partition coefficient (Wildman–Crippen LogP) is 1.18. The molecule has 3 rings (SSSR count). The maximum atomic E-state index is 12.8. The molecule has 0 aliphatic carbocycles. The summed E-state index contributed by atoms with van der Waals surface area (Å²) in [6, 6.07) is 15.4. The summed E-state index contributed by atoms with van der Waals surface area (Å²) in [6.45, 7) is 3.72. The first-order valence-electron chi connectivity index (χ1n) is 8.71. The van der Waals surface area contributed by atoms with E-state index < -0.39 is 10.0 Å². The summed E-state index contributed by atoms with van der Waals surface area (Å²) in [6.07, 6.45) is 0. The highest BCUT2D eigenvalue weighted by atomic mass is 35.5. The Bertz CT molecular complexity index is 918. The van der Waals surface area contributed by atoms with Gasteiger partial charge in [0.05, 0.1) is 42.7 Å². The third kappa shape index (κ3) is 4.99. The molecule has 27 heavy (non-hydrogen) atoms. The number of nitrogens with one attached hydrogen (secondary N) is 1. The van der Waals surface area contributed by atoms with Crippen LogP contribution in [0.5, 0.6) is 5.75 Å².